The zero-order valence-corrected chi connectivity index (χ0v) is 12.3. The van der Waals surface area contributed by atoms with Gasteiger partial charge in [0.15, 0.2) is 8.32 Å². The van der Waals surface area contributed by atoms with Crippen LogP contribution in [0.15, 0.2) is 0 Å². The molecule has 0 aromatic heterocycles. The van der Waals surface area contributed by atoms with E-state index < -0.39 is 8.32 Å². The van der Waals surface area contributed by atoms with Crippen LogP contribution in [-0.2, 0) is 4.43 Å². The van der Waals surface area contributed by atoms with Gasteiger partial charge in [-0.3, -0.25) is 0 Å². The highest BCUT2D eigenvalue weighted by Crippen LogP contribution is 2.47. The fourth-order valence-electron chi connectivity index (χ4n) is 2.48. The molecule has 1 aliphatic carbocycles. The number of rotatable bonds is 7. The van der Waals surface area contributed by atoms with Crippen LogP contribution in [0.5, 0.6) is 0 Å². The summed E-state index contributed by atoms with van der Waals surface area (Å²) in [6.07, 6.45) is 12.6. The van der Waals surface area contributed by atoms with Crippen molar-refractivity contribution in [2.75, 3.05) is 0 Å². The van der Waals surface area contributed by atoms with Gasteiger partial charge in [0.25, 0.3) is 0 Å². The van der Waals surface area contributed by atoms with E-state index in [4.69, 9.17) is 10.8 Å². The normalized spacial score (nSPS) is 20.2. The van der Waals surface area contributed by atoms with E-state index in [-0.39, 0.29) is 5.60 Å². The van der Waals surface area contributed by atoms with Crippen LogP contribution >= 0.6 is 0 Å². The van der Waals surface area contributed by atoms with Gasteiger partial charge >= 0.3 is 0 Å². The first kappa shape index (κ1) is 13.8. The third-order valence-electron chi connectivity index (χ3n) is 3.19. The number of hydrogen-bond donors (Lipinski definition) is 0. The van der Waals surface area contributed by atoms with Crippen LogP contribution in [0.3, 0.4) is 0 Å². The van der Waals surface area contributed by atoms with Crippen LogP contribution in [0.1, 0.15) is 45.4 Å². The third-order valence-corrected chi connectivity index (χ3v) is 4.20. The van der Waals surface area contributed by atoms with Gasteiger partial charge < -0.3 is 4.43 Å². The molecule has 1 nitrogen and oxygen atoms in total. The molecule has 1 aliphatic rings. The first-order chi connectivity index (χ1) is 7.43. The van der Waals surface area contributed by atoms with Crippen LogP contribution in [0.25, 0.3) is 0 Å². The van der Waals surface area contributed by atoms with Gasteiger partial charge in [-0.15, -0.1) is 12.3 Å². The van der Waals surface area contributed by atoms with Crippen molar-refractivity contribution in [2.45, 2.75) is 70.7 Å². The summed E-state index contributed by atoms with van der Waals surface area (Å²) in [4.78, 5) is 0. The van der Waals surface area contributed by atoms with Crippen molar-refractivity contribution in [3.05, 3.63) is 0 Å². The molecule has 0 radical (unpaired) electrons. The summed E-state index contributed by atoms with van der Waals surface area (Å²) in [5.41, 5.74) is 0.0230. The highest BCUT2D eigenvalue weighted by molar-refractivity contribution is 6.69. The maximum absolute atomic E-state index is 6.49. The van der Waals surface area contributed by atoms with Crippen LogP contribution in [0.4, 0.5) is 0 Å². The SMILES string of the molecule is C#CCC(CCCC)(O[Si](C)(C)C)C1CC1. The van der Waals surface area contributed by atoms with Gasteiger partial charge in [0, 0.05) is 6.42 Å². The summed E-state index contributed by atoms with van der Waals surface area (Å²) in [5.74, 6) is 3.60. The Morgan fingerprint density at radius 2 is 2.00 bits per heavy atom. The Balaban J connectivity index is 2.74. The van der Waals surface area contributed by atoms with E-state index in [9.17, 15) is 0 Å². The van der Waals surface area contributed by atoms with Crippen molar-refractivity contribution in [3.8, 4) is 12.3 Å². The van der Waals surface area contributed by atoms with Gasteiger partial charge in [-0.25, -0.2) is 0 Å². The van der Waals surface area contributed by atoms with Crippen molar-refractivity contribution in [3.63, 3.8) is 0 Å². The molecule has 16 heavy (non-hydrogen) atoms. The molecule has 0 N–H and O–H groups in total. The lowest BCUT2D eigenvalue weighted by Crippen LogP contribution is -2.44. The molecule has 0 saturated heterocycles. The van der Waals surface area contributed by atoms with Crippen LogP contribution in [0.2, 0.25) is 19.6 Å². The topological polar surface area (TPSA) is 9.23 Å². The predicted molar refractivity (Wildman–Crippen MR) is 72.9 cm³/mol. The molecule has 0 spiro atoms. The van der Waals surface area contributed by atoms with Gasteiger partial charge in [-0.2, -0.15) is 0 Å². The lowest BCUT2D eigenvalue weighted by Gasteiger charge is -2.39. The summed E-state index contributed by atoms with van der Waals surface area (Å²) in [6, 6.07) is 0. The Bertz CT molecular complexity index is 257. The average molecular weight is 238 g/mol. The summed E-state index contributed by atoms with van der Waals surface area (Å²) >= 11 is 0. The molecule has 1 rings (SSSR count). The summed E-state index contributed by atoms with van der Waals surface area (Å²) in [6.45, 7) is 9.05. The first-order valence-electron chi connectivity index (χ1n) is 6.57. The van der Waals surface area contributed by atoms with E-state index in [1.807, 2.05) is 0 Å². The Morgan fingerprint density at radius 3 is 2.38 bits per heavy atom. The van der Waals surface area contributed by atoms with Gasteiger partial charge in [0.2, 0.25) is 0 Å². The predicted octanol–water partition coefficient (Wildman–Crippen LogP) is 4.20. The van der Waals surface area contributed by atoms with Gasteiger partial charge in [-0.05, 0) is 44.8 Å². The highest BCUT2D eigenvalue weighted by Gasteiger charge is 2.47. The van der Waals surface area contributed by atoms with Crippen molar-refractivity contribution < 1.29 is 4.43 Å². The molecule has 1 fully saturated rings. The van der Waals surface area contributed by atoms with E-state index in [1.54, 1.807) is 0 Å². The molecule has 0 bridgehead atoms. The van der Waals surface area contributed by atoms with E-state index >= 15 is 0 Å². The van der Waals surface area contributed by atoms with Crippen molar-refractivity contribution in [1.29, 1.82) is 0 Å². The van der Waals surface area contributed by atoms with Gasteiger partial charge in [0.05, 0.1) is 5.60 Å². The zero-order chi connectivity index (χ0) is 12.2. The molecule has 0 aromatic rings. The monoisotopic (exact) mass is 238 g/mol. The van der Waals surface area contributed by atoms with Gasteiger partial charge in [0.1, 0.15) is 0 Å². The Kier molecular flexibility index (Phi) is 4.64. The molecule has 0 aliphatic heterocycles. The lowest BCUT2D eigenvalue weighted by molar-refractivity contribution is 0.0312. The van der Waals surface area contributed by atoms with E-state index in [0.717, 1.165) is 18.8 Å². The molecule has 1 atom stereocenters. The van der Waals surface area contributed by atoms with Crippen LogP contribution in [-0.4, -0.2) is 13.9 Å². The second-order valence-electron chi connectivity index (χ2n) is 6.04. The largest absolute Gasteiger partial charge is 0.411 e. The second kappa shape index (κ2) is 5.38. The highest BCUT2D eigenvalue weighted by atomic mass is 28.4. The fourth-order valence-corrected chi connectivity index (χ4v) is 4.04. The third kappa shape index (κ3) is 3.96. The van der Waals surface area contributed by atoms with Crippen molar-refractivity contribution in [1.82, 2.24) is 0 Å². The van der Waals surface area contributed by atoms with E-state index in [1.165, 1.54) is 25.7 Å². The van der Waals surface area contributed by atoms with Gasteiger partial charge in [-0.1, -0.05) is 19.8 Å². The zero-order valence-electron chi connectivity index (χ0n) is 11.3. The molecule has 2 heteroatoms. The minimum Gasteiger partial charge on any atom is -0.411 e. The molecule has 1 unspecified atom stereocenters. The fraction of sp³-hybridized carbons (Fsp3) is 0.857. The Morgan fingerprint density at radius 1 is 1.38 bits per heavy atom. The van der Waals surface area contributed by atoms with Crippen LogP contribution < -0.4 is 0 Å². The van der Waals surface area contributed by atoms with Crippen molar-refractivity contribution >= 4 is 8.32 Å². The number of hydrogen-bond acceptors (Lipinski definition) is 1. The maximum Gasteiger partial charge on any atom is 0.184 e. The smallest absolute Gasteiger partial charge is 0.184 e. The van der Waals surface area contributed by atoms with Crippen molar-refractivity contribution in [2.24, 2.45) is 5.92 Å². The second-order valence-corrected chi connectivity index (χ2v) is 10.5. The molecule has 1 saturated carbocycles. The minimum absolute atomic E-state index is 0.0230. The van der Waals surface area contributed by atoms with E-state index in [0.29, 0.717) is 0 Å². The molecule has 0 heterocycles. The van der Waals surface area contributed by atoms with E-state index in [2.05, 4.69) is 32.5 Å². The summed E-state index contributed by atoms with van der Waals surface area (Å²) in [5, 5.41) is 0. The lowest BCUT2D eigenvalue weighted by atomic mass is 9.88. The molecule has 92 valence electrons. The standard InChI is InChI=1S/C14H26OSi/c1-6-8-12-14(11-7-2,13-9-10-13)15-16(3,4)5/h2,13H,6,8-12H2,1,3-5H3. The average Bonchev–Trinajstić information content (AvgIpc) is 2.95. The molecular formula is C14H26OSi. The molecular weight excluding hydrogens is 212 g/mol. The number of terminal acetylenes is 1. The first-order valence-corrected chi connectivity index (χ1v) is 9.98. The quantitative estimate of drug-likeness (QED) is 0.477. The maximum atomic E-state index is 6.49. The number of unbranched alkanes of at least 4 members (excludes halogenated alkanes) is 1. The van der Waals surface area contributed by atoms with Crippen LogP contribution in [0, 0.1) is 18.3 Å². The molecule has 0 amide bonds. The summed E-state index contributed by atoms with van der Waals surface area (Å²) < 4.78 is 6.49. The summed E-state index contributed by atoms with van der Waals surface area (Å²) in [7, 11) is -1.50. The minimum atomic E-state index is -1.50. The Hall–Kier alpha value is -0.263. The molecule has 0 aromatic carbocycles. The Labute approximate surface area is 102 Å².